The fourth-order valence-electron chi connectivity index (χ4n) is 2.35. The molecule has 0 aromatic heterocycles. The van der Waals surface area contributed by atoms with E-state index in [1.807, 2.05) is 0 Å². The predicted molar refractivity (Wildman–Crippen MR) is 72.0 cm³/mol. The van der Waals surface area contributed by atoms with Crippen LogP contribution in [0.25, 0.3) is 0 Å². The Morgan fingerprint density at radius 3 is 2.41 bits per heavy atom. The molecule has 1 saturated carbocycles. The van der Waals surface area contributed by atoms with E-state index >= 15 is 0 Å². The van der Waals surface area contributed by atoms with Crippen molar-refractivity contribution in [3.8, 4) is 0 Å². The molecule has 17 heavy (non-hydrogen) atoms. The molecule has 1 amide bonds. The first-order valence-electron chi connectivity index (χ1n) is 6.99. The highest BCUT2D eigenvalue weighted by Gasteiger charge is 2.14. The summed E-state index contributed by atoms with van der Waals surface area (Å²) in [7, 11) is 0. The summed E-state index contributed by atoms with van der Waals surface area (Å²) in [4.78, 5) is 11.6. The molecule has 0 saturated heterocycles. The van der Waals surface area contributed by atoms with Gasteiger partial charge >= 0.3 is 0 Å². The molecule has 2 N–H and O–H groups in total. The second kappa shape index (κ2) is 7.00. The van der Waals surface area contributed by atoms with Gasteiger partial charge in [-0.15, -0.1) is 0 Å². The molecule has 3 heteroatoms. The van der Waals surface area contributed by atoms with Crippen LogP contribution in [0.2, 0.25) is 0 Å². The highest BCUT2D eigenvalue weighted by molar-refractivity contribution is 5.76. The molecular weight excluding hydrogens is 212 g/mol. The minimum absolute atomic E-state index is 0.101. The lowest BCUT2D eigenvalue weighted by molar-refractivity contribution is -0.121. The molecule has 1 fully saturated rings. The monoisotopic (exact) mass is 240 g/mol. The molecule has 0 bridgehead atoms. The molecule has 0 heterocycles. The molecule has 1 rings (SSSR count). The highest BCUT2D eigenvalue weighted by Crippen LogP contribution is 2.26. The summed E-state index contributed by atoms with van der Waals surface area (Å²) < 4.78 is 0. The van der Waals surface area contributed by atoms with Gasteiger partial charge in [-0.3, -0.25) is 4.79 Å². The van der Waals surface area contributed by atoms with Gasteiger partial charge in [0.1, 0.15) is 0 Å². The predicted octanol–water partition coefficient (Wildman–Crippen LogP) is 2.46. The third-order valence-electron chi connectivity index (χ3n) is 3.36. The zero-order valence-electron chi connectivity index (χ0n) is 11.6. The van der Waals surface area contributed by atoms with Crippen molar-refractivity contribution in [3.05, 3.63) is 0 Å². The van der Waals surface area contributed by atoms with Gasteiger partial charge in [-0.2, -0.15) is 0 Å². The van der Waals surface area contributed by atoms with Crippen molar-refractivity contribution < 1.29 is 4.79 Å². The van der Waals surface area contributed by atoms with E-state index in [2.05, 4.69) is 31.4 Å². The first-order chi connectivity index (χ1) is 7.97. The van der Waals surface area contributed by atoms with Gasteiger partial charge in [0.05, 0.1) is 0 Å². The van der Waals surface area contributed by atoms with E-state index in [1.165, 1.54) is 32.1 Å². The Morgan fingerprint density at radius 2 is 1.82 bits per heavy atom. The molecule has 3 nitrogen and oxygen atoms in total. The minimum atomic E-state index is 0.101. The fraction of sp³-hybridized carbons (Fsp3) is 0.929. The van der Waals surface area contributed by atoms with Gasteiger partial charge in [0.2, 0.25) is 5.91 Å². The topological polar surface area (TPSA) is 41.1 Å². The number of hydrogen-bond donors (Lipinski definition) is 2. The lowest BCUT2D eigenvalue weighted by Gasteiger charge is -2.20. The van der Waals surface area contributed by atoms with Crippen LogP contribution in [0.15, 0.2) is 0 Å². The summed E-state index contributed by atoms with van der Waals surface area (Å²) in [6, 6.07) is 0. The van der Waals surface area contributed by atoms with Gasteiger partial charge in [-0.1, -0.05) is 25.7 Å². The van der Waals surface area contributed by atoms with E-state index in [-0.39, 0.29) is 11.4 Å². The first-order valence-corrected chi connectivity index (χ1v) is 6.99. The third kappa shape index (κ3) is 7.37. The van der Waals surface area contributed by atoms with E-state index < -0.39 is 0 Å². The van der Waals surface area contributed by atoms with Crippen molar-refractivity contribution >= 4 is 5.91 Å². The number of carbonyl (C=O) groups is 1. The van der Waals surface area contributed by atoms with Crippen molar-refractivity contribution in [2.24, 2.45) is 5.92 Å². The van der Waals surface area contributed by atoms with Gasteiger partial charge in [0.25, 0.3) is 0 Å². The Kier molecular flexibility index (Phi) is 5.96. The molecule has 0 atom stereocenters. The van der Waals surface area contributed by atoms with Crippen LogP contribution >= 0.6 is 0 Å². The van der Waals surface area contributed by atoms with Crippen LogP contribution in [-0.4, -0.2) is 24.5 Å². The summed E-state index contributed by atoms with van der Waals surface area (Å²) in [5.41, 5.74) is 0.101. The van der Waals surface area contributed by atoms with Crippen molar-refractivity contribution in [2.75, 3.05) is 13.1 Å². The molecular formula is C14H28N2O. The zero-order chi connectivity index (χ0) is 12.7. The maximum atomic E-state index is 11.6. The summed E-state index contributed by atoms with van der Waals surface area (Å²) in [6.45, 7) is 7.97. The van der Waals surface area contributed by atoms with Crippen molar-refractivity contribution in [2.45, 2.75) is 64.8 Å². The number of rotatable bonds is 6. The Labute approximate surface area is 106 Å². The second-order valence-electron chi connectivity index (χ2n) is 6.22. The van der Waals surface area contributed by atoms with Crippen molar-refractivity contribution in [1.82, 2.24) is 10.6 Å². The van der Waals surface area contributed by atoms with E-state index in [9.17, 15) is 4.79 Å². The Hall–Kier alpha value is -0.570. The van der Waals surface area contributed by atoms with E-state index in [0.717, 1.165) is 19.0 Å². The average molecular weight is 240 g/mol. The fourth-order valence-corrected chi connectivity index (χ4v) is 2.35. The van der Waals surface area contributed by atoms with Crippen molar-refractivity contribution in [1.29, 1.82) is 0 Å². The number of carbonyl (C=O) groups excluding carboxylic acids is 1. The maximum Gasteiger partial charge on any atom is 0.221 e. The lowest BCUT2D eigenvalue weighted by atomic mass is 10.0. The molecule has 0 spiro atoms. The largest absolute Gasteiger partial charge is 0.356 e. The van der Waals surface area contributed by atoms with Crippen LogP contribution in [0.5, 0.6) is 0 Å². The minimum Gasteiger partial charge on any atom is -0.356 e. The van der Waals surface area contributed by atoms with Gasteiger partial charge in [0.15, 0.2) is 0 Å². The van der Waals surface area contributed by atoms with Crippen LogP contribution in [0.3, 0.4) is 0 Å². The zero-order valence-corrected chi connectivity index (χ0v) is 11.6. The molecule has 0 aromatic rings. The standard InChI is InChI=1S/C14H28N2O/c1-14(2,3)16-11-9-13(17)15-10-8-12-6-4-5-7-12/h12,16H,4-11H2,1-3H3,(H,15,17). The summed E-state index contributed by atoms with van der Waals surface area (Å²) >= 11 is 0. The van der Waals surface area contributed by atoms with Crippen molar-refractivity contribution in [3.63, 3.8) is 0 Å². The van der Waals surface area contributed by atoms with Crippen LogP contribution in [0, 0.1) is 5.92 Å². The molecule has 1 aliphatic carbocycles. The van der Waals surface area contributed by atoms with Crippen LogP contribution in [0.1, 0.15) is 59.3 Å². The molecule has 0 aliphatic heterocycles. The van der Waals surface area contributed by atoms with Gasteiger partial charge < -0.3 is 10.6 Å². The van der Waals surface area contributed by atoms with Crippen LogP contribution < -0.4 is 10.6 Å². The summed E-state index contributed by atoms with van der Waals surface area (Å²) in [6.07, 6.45) is 7.24. The molecule has 0 aromatic carbocycles. The number of nitrogens with one attached hydrogen (secondary N) is 2. The Bertz CT molecular complexity index is 227. The second-order valence-corrected chi connectivity index (χ2v) is 6.22. The first kappa shape index (κ1) is 14.5. The van der Waals surface area contributed by atoms with Gasteiger partial charge in [-0.05, 0) is 33.1 Å². The smallest absolute Gasteiger partial charge is 0.221 e. The number of hydrogen-bond acceptors (Lipinski definition) is 2. The highest BCUT2D eigenvalue weighted by atomic mass is 16.1. The van der Waals surface area contributed by atoms with Gasteiger partial charge in [-0.25, -0.2) is 0 Å². The average Bonchev–Trinajstić information content (AvgIpc) is 2.68. The summed E-state index contributed by atoms with van der Waals surface area (Å²) in [5.74, 6) is 1.04. The summed E-state index contributed by atoms with van der Waals surface area (Å²) in [5, 5.41) is 6.34. The van der Waals surface area contributed by atoms with E-state index in [0.29, 0.717) is 6.42 Å². The Morgan fingerprint density at radius 1 is 1.18 bits per heavy atom. The third-order valence-corrected chi connectivity index (χ3v) is 3.36. The van der Waals surface area contributed by atoms with Gasteiger partial charge in [0, 0.05) is 25.0 Å². The molecule has 0 radical (unpaired) electrons. The lowest BCUT2D eigenvalue weighted by Crippen LogP contribution is -2.38. The molecule has 100 valence electrons. The van der Waals surface area contributed by atoms with E-state index in [4.69, 9.17) is 0 Å². The normalized spacial score (nSPS) is 17.4. The van der Waals surface area contributed by atoms with Crippen LogP contribution in [0.4, 0.5) is 0 Å². The van der Waals surface area contributed by atoms with Crippen LogP contribution in [-0.2, 0) is 4.79 Å². The quantitative estimate of drug-likeness (QED) is 0.749. The molecule has 0 unspecified atom stereocenters. The molecule has 1 aliphatic rings. The SMILES string of the molecule is CC(C)(C)NCCC(=O)NCCC1CCCC1. The number of amides is 1. The Balaban J connectivity index is 1.97. The maximum absolute atomic E-state index is 11.6. The van der Waals surface area contributed by atoms with E-state index in [1.54, 1.807) is 0 Å².